The average molecular weight is 368 g/mol. The predicted molar refractivity (Wildman–Crippen MR) is 101 cm³/mol. The van der Waals surface area contributed by atoms with E-state index in [1.165, 1.54) is 0 Å². The van der Waals surface area contributed by atoms with Gasteiger partial charge in [-0.3, -0.25) is 9.69 Å². The molecule has 7 nitrogen and oxygen atoms in total. The topological polar surface area (TPSA) is 85.6 Å². The Balaban J connectivity index is 1.49. The number of amides is 1. The highest BCUT2D eigenvalue weighted by atomic mass is 16.3. The molecule has 0 bridgehead atoms. The van der Waals surface area contributed by atoms with Gasteiger partial charge in [-0.2, -0.15) is 0 Å². The maximum absolute atomic E-state index is 13.0. The molecule has 0 radical (unpaired) electrons. The number of furan rings is 1. The highest BCUT2D eigenvalue weighted by molar-refractivity contribution is 5.97. The summed E-state index contributed by atoms with van der Waals surface area (Å²) in [5, 5.41) is 9.46. The number of piperazine rings is 1. The normalized spacial score (nSPS) is 18.3. The fourth-order valence-electron chi connectivity index (χ4n) is 3.76. The van der Waals surface area contributed by atoms with Gasteiger partial charge in [0.2, 0.25) is 0 Å². The molecule has 7 heteroatoms. The fourth-order valence-corrected chi connectivity index (χ4v) is 3.76. The minimum absolute atomic E-state index is 0.0183. The Bertz CT molecular complexity index is 919. The van der Waals surface area contributed by atoms with E-state index in [-0.39, 0.29) is 18.6 Å². The van der Waals surface area contributed by atoms with Crippen LogP contribution in [0.15, 0.2) is 41.0 Å². The number of nitrogens with one attached hydrogen (secondary N) is 1. The largest absolute Gasteiger partial charge is 0.468 e. The smallest absolute Gasteiger partial charge is 0.254 e. The number of H-pyrrole nitrogens is 1. The Labute approximate surface area is 157 Å². The van der Waals surface area contributed by atoms with Crippen LogP contribution in [0.4, 0.5) is 0 Å². The number of aryl methyl sites for hydroxylation is 1. The van der Waals surface area contributed by atoms with Crippen LogP contribution in [0.5, 0.6) is 0 Å². The van der Waals surface area contributed by atoms with Crippen molar-refractivity contribution in [2.75, 3.05) is 26.2 Å². The van der Waals surface area contributed by atoms with Gasteiger partial charge in [0.25, 0.3) is 5.91 Å². The van der Waals surface area contributed by atoms with E-state index in [4.69, 9.17) is 4.42 Å². The second-order valence-corrected chi connectivity index (χ2v) is 7.02. The molecule has 0 aliphatic carbocycles. The van der Waals surface area contributed by atoms with Crippen molar-refractivity contribution in [3.63, 3.8) is 0 Å². The van der Waals surface area contributed by atoms with E-state index in [0.29, 0.717) is 31.6 Å². The first-order chi connectivity index (χ1) is 13.1. The Hall–Kier alpha value is -2.64. The zero-order valence-electron chi connectivity index (χ0n) is 15.4. The standard InChI is InChI=1S/C20H24N4O3/c1-14-21-18-5-4-15(11-19(18)22-14)20(26)24-8-7-23(16(12-24)6-9-25)13-17-3-2-10-27-17/h2-5,10-11,16,25H,6-9,12-13H2,1H3,(H,21,22)/t16-/m1/s1. The number of rotatable bonds is 5. The van der Waals surface area contributed by atoms with Crippen LogP contribution in [0.1, 0.15) is 28.4 Å². The van der Waals surface area contributed by atoms with E-state index < -0.39 is 0 Å². The number of carbonyl (C=O) groups is 1. The lowest BCUT2D eigenvalue weighted by atomic mass is 10.1. The van der Waals surface area contributed by atoms with Gasteiger partial charge in [-0.1, -0.05) is 0 Å². The summed E-state index contributed by atoms with van der Waals surface area (Å²) >= 11 is 0. The number of benzene rings is 1. The van der Waals surface area contributed by atoms with Crippen LogP contribution in [0.25, 0.3) is 11.0 Å². The third kappa shape index (κ3) is 3.74. The van der Waals surface area contributed by atoms with Crippen LogP contribution in [-0.4, -0.2) is 63.1 Å². The summed E-state index contributed by atoms with van der Waals surface area (Å²) in [5.74, 6) is 1.76. The third-order valence-electron chi connectivity index (χ3n) is 5.14. The second-order valence-electron chi connectivity index (χ2n) is 7.02. The van der Waals surface area contributed by atoms with Gasteiger partial charge in [0, 0.05) is 37.8 Å². The molecule has 0 spiro atoms. The molecule has 1 saturated heterocycles. The quantitative estimate of drug-likeness (QED) is 0.721. The number of carbonyl (C=O) groups excluding carboxylic acids is 1. The summed E-state index contributed by atoms with van der Waals surface area (Å²) in [5.41, 5.74) is 2.40. The predicted octanol–water partition coefficient (Wildman–Crippen LogP) is 2.17. The molecule has 1 aliphatic rings. The lowest BCUT2D eigenvalue weighted by Crippen LogP contribution is -2.54. The molecule has 0 unspecified atom stereocenters. The lowest BCUT2D eigenvalue weighted by Gasteiger charge is -2.41. The van der Waals surface area contributed by atoms with Crippen LogP contribution in [0.3, 0.4) is 0 Å². The van der Waals surface area contributed by atoms with E-state index in [2.05, 4.69) is 14.9 Å². The molecule has 27 heavy (non-hydrogen) atoms. The first-order valence-corrected chi connectivity index (χ1v) is 9.27. The third-order valence-corrected chi connectivity index (χ3v) is 5.14. The zero-order valence-corrected chi connectivity index (χ0v) is 15.4. The Morgan fingerprint density at radius 2 is 2.26 bits per heavy atom. The summed E-state index contributed by atoms with van der Waals surface area (Å²) in [7, 11) is 0. The molecule has 1 fully saturated rings. The maximum atomic E-state index is 13.0. The number of nitrogens with zero attached hydrogens (tertiary/aromatic N) is 3. The van der Waals surface area contributed by atoms with Crippen molar-refractivity contribution in [1.29, 1.82) is 0 Å². The van der Waals surface area contributed by atoms with Crippen molar-refractivity contribution in [2.45, 2.75) is 25.9 Å². The lowest BCUT2D eigenvalue weighted by molar-refractivity contribution is 0.0373. The SMILES string of the molecule is Cc1nc2ccc(C(=O)N3CCN(Cc4ccco4)[C@H](CCO)C3)cc2[nH]1. The van der Waals surface area contributed by atoms with Gasteiger partial charge in [-0.15, -0.1) is 0 Å². The fraction of sp³-hybridized carbons (Fsp3) is 0.400. The van der Waals surface area contributed by atoms with E-state index in [0.717, 1.165) is 29.2 Å². The van der Waals surface area contributed by atoms with E-state index in [9.17, 15) is 9.90 Å². The monoisotopic (exact) mass is 368 g/mol. The van der Waals surface area contributed by atoms with Crippen LogP contribution < -0.4 is 0 Å². The number of hydrogen-bond acceptors (Lipinski definition) is 5. The summed E-state index contributed by atoms with van der Waals surface area (Å²) in [6.07, 6.45) is 2.30. The summed E-state index contributed by atoms with van der Waals surface area (Å²) < 4.78 is 5.46. The second kappa shape index (κ2) is 7.54. The van der Waals surface area contributed by atoms with Gasteiger partial charge >= 0.3 is 0 Å². The van der Waals surface area contributed by atoms with Crippen molar-refractivity contribution in [3.05, 3.63) is 53.7 Å². The number of aliphatic hydroxyl groups excluding tert-OH is 1. The molecule has 0 saturated carbocycles. The average Bonchev–Trinajstić information content (AvgIpc) is 3.30. The Kier molecular flexibility index (Phi) is 4.96. The van der Waals surface area contributed by atoms with Crippen LogP contribution in [-0.2, 0) is 6.54 Å². The first kappa shape index (κ1) is 17.8. The number of hydrogen-bond donors (Lipinski definition) is 2. The minimum atomic E-state index is 0.0183. The molecule has 2 aromatic heterocycles. The summed E-state index contributed by atoms with van der Waals surface area (Å²) in [6, 6.07) is 9.52. The number of imidazole rings is 1. The molecule has 1 aliphatic heterocycles. The molecule has 3 aromatic rings. The summed E-state index contributed by atoms with van der Waals surface area (Å²) in [4.78, 5) is 24.7. The van der Waals surface area contributed by atoms with Gasteiger partial charge in [-0.25, -0.2) is 4.98 Å². The van der Waals surface area contributed by atoms with E-state index in [1.807, 2.05) is 42.2 Å². The molecule has 1 aromatic carbocycles. The van der Waals surface area contributed by atoms with Gasteiger partial charge < -0.3 is 19.4 Å². The number of aliphatic hydroxyl groups is 1. The van der Waals surface area contributed by atoms with Crippen molar-refractivity contribution < 1.29 is 14.3 Å². The Morgan fingerprint density at radius 3 is 3.04 bits per heavy atom. The molecule has 2 N–H and O–H groups in total. The molecule has 142 valence electrons. The molecule has 3 heterocycles. The van der Waals surface area contributed by atoms with Crippen molar-refractivity contribution in [1.82, 2.24) is 19.8 Å². The summed E-state index contributed by atoms with van der Waals surface area (Å²) in [6.45, 7) is 4.70. The molecule has 1 amide bonds. The molecular formula is C20H24N4O3. The van der Waals surface area contributed by atoms with Crippen molar-refractivity contribution in [2.24, 2.45) is 0 Å². The van der Waals surface area contributed by atoms with Gasteiger partial charge in [-0.05, 0) is 43.7 Å². The van der Waals surface area contributed by atoms with E-state index >= 15 is 0 Å². The number of aromatic amines is 1. The van der Waals surface area contributed by atoms with Gasteiger partial charge in [0.05, 0.1) is 23.8 Å². The van der Waals surface area contributed by atoms with Gasteiger partial charge in [0.15, 0.2) is 0 Å². The molecule has 1 atom stereocenters. The first-order valence-electron chi connectivity index (χ1n) is 9.27. The maximum Gasteiger partial charge on any atom is 0.254 e. The van der Waals surface area contributed by atoms with Crippen molar-refractivity contribution in [3.8, 4) is 0 Å². The van der Waals surface area contributed by atoms with Crippen LogP contribution in [0.2, 0.25) is 0 Å². The molecule has 4 rings (SSSR count). The number of fused-ring (bicyclic) bond motifs is 1. The van der Waals surface area contributed by atoms with Gasteiger partial charge in [0.1, 0.15) is 11.6 Å². The van der Waals surface area contributed by atoms with Crippen LogP contribution >= 0.6 is 0 Å². The minimum Gasteiger partial charge on any atom is -0.468 e. The molecular weight excluding hydrogens is 344 g/mol. The van der Waals surface area contributed by atoms with Crippen LogP contribution in [0, 0.1) is 6.92 Å². The zero-order chi connectivity index (χ0) is 18.8. The highest BCUT2D eigenvalue weighted by Crippen LogP contribution is 2.20. The highest BCUT2D eigenvalue weighted by Gasteiger charge is 2.30. The van der Waals surface area contributed by atoms with E-state index in [1.54, 1.807) is 6.26 Å². The number of aromatic nitrogens is 2. The Morgan fingerprint density at radius 1 is 1.37 bits per heavy atom. The van der Waals surface area contributed by atoms with Crippen molar-refractivity contribution >= 4 is 16.9 Å².